The molecule has 1 N–H and O–H groups in total. The topological polar surface area (TPSA) is 80.2 Å². The highest BCUT2D eigenvalue weighted by Crippen LogP contribution is 2.30. The van der Waals surface area contributed by atoms with Crippen molar-refractivity contribution >= 4 is 57.1 Å². The van der Waals surface area contributed by atoms with Crippen LogP contribution in [0.2, 0.25) is 0 Å². The molecule has 0 radical (unpaired) electrons. The minimum atomic E-state index is -0.197. The molecule has 2 fully saturated rings. The molecule has 5 rings (SSSR count). The van der Waals surface area contributed by atoms with Crippen LogP contribution in [0.15, 0.2) is 47.4 Å². The Kier molecular flexibility index (Phi) is 5.16. The summed E-state index contributed by atoms with van der Waals surface area (Å²) in [6.45, 7) is 2.80. The lowest BCUT2D eigenvalue weighted by molar-refractivity contribution is -0.115. The third-order valence-corrected chi connectivity index (χ3v) is 5.96. The van der Waals surface area contributed by atoms with Gasteiger partial charge >= 0.3 is 0 Å². The lowest BCUT2D eigenvalue weighted by Crippen LogP contribution is -2.37. The largest absolute Gasteiger partial charge is 0.378 e. The van der Waals surface area contributed by atoms with E-state index in [4.69, 9.17) is 31.9 Å². The second-order valence-corrected chi connectivity index (χ2v) is 8.50. The van der Waals surface area contributed by atoms with Gasteiger partial charge in [-0.15, -0.1) is 0 Å². The average molecular weight is 436 g/mol. The molecule has 1 amide bonds. The number of ether oxygens (including phenoxy) is 1. The number of hydrogen-bond acceptors (Lipinski definition) is 8. The third-order valence-electron chi connectivity index (χ3n) is 4.80. The summed E-state index contributed by atoms with van der Waals surface area (Å²) in [5.41, 5.74) is 3.74. The van der Waals surface area contributed by atoms with Crippen molar-refractivity contribution < 1.29 is 9.53 Å². The van der Waals surface area contributed by atoms with Crippen molar-refractivity contribution in [3.05, 3.63) is 53.1 Å². The van der Waals surface area contributed by atoms with Crippen LogP contribution in [0.3, 0.4) is 0 Å². The molecule has 0 saturated carbocycles. The fourth-order valence-electron chi connectivity index (χ4n) is 3.38. The first-order valence-corrected chi connectivity index (χ1v) is 10.7. The minimum absolute atomic E-state index is 0.197. The Bertz CT molecular complexity index is 1190. The summed E-state index contributed by atoms with van der Waals surface area (Å²) >= 11 is 6.30. The van der Waals surface area contributed by atoms with Gasteiger partial charge in [0.1, 0.15) is 10.0 Å². The molecule has 2 aliphatic heterocycles. The molecule has 150 valence electrons. The van der Waals surface area contributed by atoms with Crippen molar-refractivity contribution in [2.75, 3.05) is 31.2 Å². The molecule has 30 heavy (non-hydrogen) atoms. The summed E-state index contributed by atoms with van der Waals surface area (Å²) in [6, 6.07) is 13.5. The molecule has 0 bridgehead atoms. The predicted molar refractivity (Wildman–Crippen MR) is 122 cm³/mol. The number of carbonyl (C=O) groups is 1. The van der Waals surface area contributed by atoms with Crippen molar-refractivity contribution in [3.63, 3.8) is 0 Å². The number of fused-ring (bicyclic) bond motifs is 1. The van der Waals surface area contributed by atoms with Gasteiger partial charge in [0.25, 0.3) is 5.91 Å². The Labute approximate surface area is 182 Å². The molecule has 3 aromatic rings. The second-order valence-electron chi connectivity index (χ2n) is 6.78. The number of morpholine rings is 1. The van der Waals surface area contributed by atoms with Crippen LogP contribution < -0.4 is 10.2 Å². The van der Waals surface area contributed by atoms with E-state index in [1.54, 1.807) is 6.08 Å². The van der Waals surface area contributed by atoms with Crippen LogP contribution in [0.4, 0.5) is 5.82 Å². The number of benzene rings is 1. The monoisotopic (exact) mass is 435 g/mol. The second kappa shape index (κ2) is 8.10. The lowest BCUT2D eigenvalue weighted by Gasteiger charge is -2.29. The highest BCUT2D eigenvalue weighted by molar-refractivity contribution is 8.26. The quantitative estimate of drug-likeness (QED) is 0.497. The number of anilines is 1. The van der Waals surface area contributed by atoms with Gasteiger partial charge in [0, 0.05) is 13.1 Å². The van der Waals surface area contributed by atoms with Crippen molar-refractivity contribution in [3.8, 4) is 11.4 Å². The van der Waals surface area contributed by atoms with Gasteiger partial charge < -0.3 is 15.0 Å². The molecule has 0 atom stereocenters. The molecule has 0 aliphatic carbocycles. The molecule has 7 nitrogen and oxygen atoms in total. The van der Waals surface area contributed by atoms with Gasteiger partial charge in [-0.2, -0.15) is 0 Å². The highest BCUT2D eigenvalue weighted by atomic mass is 32.2. The van der Waals surface area contributed by atoms with Crippen LogP contribution in [-0.4, -0.2) is 51.5 Å². The maximum Gasteiger partial charge on any atom is 0.263 e. The van der Waals surface area contributed by atoms with Crippen molar-refractivity contribution in [1.29, 1.82) is 0 Å². The maximum absolute atomic E-state index is 12.0. The van der Waals surface area contributed by atoms with E-state index in [0.717, 1.165) is 35.6 Å². The van der Waals surface area contributed by atoms with E-state index in [2.05, 4.69) is 10.2 Å². The van der Waals surface area contributed by atoms with E-state index in [0.29, 0.717) is 33.8 Å². The number of para-hydroxylation sites is 2. The van der Waals surface area contributed by atoms with Crippen LogP contribution in [0, 0.1) is 0 Å². The number of rotatable bonds is 3. The van der Waals surface area contributed by atoms with Gasteiger partial charge in [0.05, 0.1) is 40.5 Å². The Morgan fingerprint density at radius 2 is 1.80 bits per heavy atom. The first-order valence-electron chi connectivity index (χ1n) is 9.49. The molecule has 2 aromatic heterocycles. The molecule has 2 aliphatic rings. The zero-order chi connectivity index (χ0) is 20.5. The van der Waals surface area contributed by atoms with Crippen molar-refractivity contribution in [1.82, 2.24) is 20.3 Å². The van der Waals surface area contributed by atoms with Crippen LogP contribution in [-0.2, 0) is 9.53 Å². The molecule has 0 unspecified atom stereocenters. The van der Waals surface area contributed by atoms with Gasteiger partial charge in [-0.1, -0.05) is 42.2 Å². The molecule has 1 aromatic carbocycles. The fraction of sp³-hybridized carbons (Fsp3) is 0.190. The maximum atomic E-state index is 12.0. The number of pyridine rings is 1. The molecule has 4 heterocycles. The summed E-state index contributed by atoms with van der Waals surface area (Å²) in [6.07, 6.45) is 1.74. The van der Waals surface area contributed by atoms with Gasteiger partial charge in [0.2, 0.25) is 0 Å². The number of thioether (sulfide) groups is 1. The lowest BCUT2D eigenvalue weighted by atomic mass is 10.2. The standard InChI is InChI=1S/C21H17N5O2S2/c27-20-17(30-21(29)25-20)12-13-4-3-7-16(22-13)18-19(26-8-10-28-11-9-26)24-15-6-2-1-5-14(15)23-18/h1-7,12H,8-11H2,(H,25,27,29). The zero-order valence-electron chi connectivity index (χ0n) is 15.9. The Morgan fingerprint density at radius 1 is 1.03 bits per heavy atom. The normalized spacial score (nSPS) is 18.3. The first-order chi connectivity index (χ1) is 14.7. The number of aromatic nitrogens is 3. The van der Waals surface area contributed by atoms with Crippen LogP contribution in [0.1, 0.15) is 5.69 Å². The first kappa shape index (κ1) is 19.1. The van der Waals surface area contributed by atoms with E-state index in [9.17, 15) is 4.79 Å². The molecule has 9 heteroatoms. The van der Waals surface area contributed by atoms with Gasteiger partial charge in [-0.3, -0.25) is 4.79 Å². The zero-order valence-corrected chi connectivity index (χ0v) is 17.5. The number of thiocarbonyl (C=S) groups is 1. The summed E-state index contributed by atoms with van der Waals surface area (Å²) in [7, 11) is 0. The molecule has 0 spiro atoms. The molecular weight excluding hydrogens is 418 g/mol. The summed E-state index contributed by atoms with van der Waals surface area (Å²) < 4.78 is 5.96. The van der Waals surface area contributed by atoms with Gasteiger partial charge in [0.15, 0.2) is 5.82 Å². The smallest absolute Gasteiger partial charge is 0.263 e. The number of carbonyl (C=O) groups excluding carboxylic acids is 1. The van der Waals surface area contributed by atoms with Crippen molar-refractivity contribution in [2.45, 2.75) is 0 Å². The third kappa shape index (κ3) is 3.79. The van der Waals surface area contributed by atoms with Gasteiger partial charge in [-0.25, -0.2) is 15.0 Å². The number of amides is 1. The van der Waals surface area contributed by atoms with E-state index in [1.165, 1.54) is 11.8 Å². The Balaban J connectivity index is 1.61. The summed E-state index contributed by atoms with van der Waals surface area (Å²) in [5, 5.41) is 2.62. The summed E-state index contributed by atoms with van der Waals surface area (Å²) in [4.78, 5) is 29.2. The van der Waals surface area contributed by atoms with E-state index in [1.807, 2.05) is 42.5 Å². The molecule has 2 saturated heterocycles. The number of nitrogens with zero attached hydrogens (tertiary/aromatic N) is 4. The van der Waals surface area contributed by atoms with Crippen LogP contribution >= 0.6 is 24.0 Å². The van der Waals surface area contributed by atoms with E-state index >= 15 is 0 Å². The Morgan fingerprint density at radius 3 is 2.53 bits per heavy atom. The SMILES string of the molecule is O=C1NC(=S)SC1=Cc1cccc(-c2nc3ccccc3nc2N2CCOCC2)n1. The Hall–Kier alpha value is -2.88. The fourth-order valence-corrected chi connectivity index (χ4v) is 4.41. The number of nitrogens with one attached hydrogen (secondary N) is 1. The minimum Gasteiger partial charge on any atom is -0.378 e. The highest BCUT2D eigenvalue weighted by Gasteiger charge is 2.23. The van der Waals surface area contributed by atoms with Gasteiger partial charge in [-0.05, 0) is 30.3 Å². The number of hydrogen-bond donors (Lipinski definition) is 1. The molecular formula is C21H17N5O2S2. The predicted octanol–water partition coefficient (Wildman–Crippen LogP) is 3.02. The van der Waals surface area contributed by atoms with Crippen LogP contribution in [0.5, 0.6) is 0 Å². The summed E-state index contributed by atoms with van der Waals surface area (Å²) in [5.74, 6) is 0.597. The van der Waals surface area contributed by atoms with Crippen molar-refractivity contribution in [2.24, 2.45) is 0 Å². The van der Waals surface area contributed by atoms with Crippen LogP contribution in [0.25, 0.3) is 28.5 Å². The van der Waals surface area contributed by atoms with E-state index in [-0.39, 0.29) is 5.91 Å². The average Bonchev–Trinajstić information content (AvgIpc) is 3.10. The van der Waals surface area contributed by atoms with E-state index < -0.39 is 0 Å².